The van der Waals surface area contributed by atoms with Gasteiger partial charge in [0.05, 0.1) is 0 Å². The zero-order chi connectivity index (χ0) is 25.0. The third-order valence-corrected chi connectivity index (χ3v) is 6.34. The fraction of sp³-hybridized carbons (Fsp3) is 0.367. The Morgan fingerprint density at radius 3 is 1.63 bits per heavy atom. The summed E-state index contributed by atoms with van der Waals surface area (Å²) in [5, 5.41) is 0. The van der Waals surface area contributed by atoms with Crippen molar-refractivity contribution in [2.24, 2.45) is 0 Å². The summed E-state index contributed by atoms with van der Waals surface area (Å²) < 4.78 is 15.6. The Kier molecular flexibility index (Phi) is 15.7. The number of ether oxygens (including phenoxy) is 2. The summed E-state index contributed by atoms with van der Waals surface area (Å²) in [5.41, 5.74) is 3.21. The van der Waals surface area contributed by atoms with Crippen molar-refractivity contribution in [1.82, 2.24) is 0 Å². The van der Waals surface area contributed by atoms with Crippen LogP contribution in [-0.2, 0) is 25.8 Å². The summed E-state index contributed by atoms with van der Waals surface area (Å²) in [6.45, 7) is 2.72. The van der Waals surface area contributed by atoms with Gasteiger partial charge in [-0.1, -0.05) is 60.7 Å². The van der Waals surface area contributed by atoms with Crippen molar-refractivity contribution in [3.05, 3.63) is 108 Å². The zero-order valence-corrected chi connectivity index (χ0v) is 23.6. The maximum absolute atomic E-state index is 11.3. The standard InChI is InChI=1S/C15H14O3.C15H23O.Sn/c16-15(17-11-13-7-3-1-4-8-13)18-12-14-9-5-2-6-10-14;1-2-3-4-5-6-10-13-15(16)14-11-8-7-9-12-14;/h1-10H,11-12H2;7-9,11-12,15H,2-6,10,13H2,1H3;/q;-1;+1. The normalized spacial score (nSPS) is 11.1. The predicted molar refractivity (Wildman–Crippen MR) is 142 cm³/mol. The second-order valence-electron chi connectivity index (χ2n) is 8.37. The zero-order valence-electron chi connectivity index (χ0n) is 20.7. The first-order valence-electron chi connectivity index (χ1n) is 12.5. The molecule has 3 rings (SSSR count). The van der Waals surface area contributed by atoms with Crippen molar-refractivity contribution in [2.45, 2.75) is 71.2 Å². The van der Waals surface area contributed by atoms with E-state index in [0.29, 0.717) is 6.10 Å². The van der Waals surface area contributed by atoms with E-state index in [0.717, 1.165) is 11.1 Å². The first kappa shape index (κ1) is 28.9. The monoisotopic (exact) mass is 581 g/mol. The van der Waals surface area contributed by atoms with Crippen LogP contribution in [0.4, 0.5) is 4.79 Å². The van der Waals surface area contributed by atoms with Gasteiger partial charge in [-0.15, -0.1) is 0 Å². The van der Waals surface area contributed by atoms with E-state index in [4.69, 9.17) is 12.5 Å². The Morgan fingerprint density at radius 1 is 0.686 bits per heavy atom. The molecule has 5 heteroatoms. The van der Waals surface area contributed by atoms with Crippen LogP contribution in [0.5, 0.6) is 0 Å². The van der Waals surface area contributed by atoms with E-state index >= 15 is 0 Å². The minimum atomic E-state index is -0.650. The summed E-state index contributed by atoms with van der Waals surface area (Å²) >= 11 is 1.17. The van der Waals surface area contributed by atoms with Crippen LogP contribution in [-0.4, -0.2) is 29.1 Å². The minimum Gasteiger partial charge on any atom is -0.429 e. The van der Waals surface area contributed by atoms with Crippen molar-refractivity contribution >= 4 is 29.1 Å². The largest absolute Gasteiger partial charge is 0.508 e. The van der Waals surface area contributed by atoms with Crippen molar-refractivity contribution in [3.63, 3.8) is 0 Å². The van der Waals surface area contributed by atoms with Gasteiger partial charge >= 0.3 is 126 Å². The molecule has 185 valence electrons. The summed E-state index contributed by atoms with van der Waals surface area (Å²) in [4.78, 5) is 11.3. The molecule has 3 aromatic carbocycles. The number of hydrogen-bond acceptors (Lipinski definition) is 4. The van der Waals surface area contributed by atoms with Gasteiger partial charge in [-0.2, -0.15) is 0 Å². The molecule has 0 N–H and O–H groups in total. The van der Waals surface area contributed by atoms with E-state index in [2.05, 4.69) is 37.3 Å². The SMILES string of the molecule is CCCCCCCCC([O][Sn])c1ccccc1.O=C(OCc1ccccc1)OCc1ccccc1. The maximum atomic E-state index is 11.3. The Balaban J connectivity index is 0.000000247. The van der Waals surface area contributed by atoms with Crippen molar-refractivity contribution in [3.8, 4) is 0 Å². The molecule has 0 aromatic heterocycles. The van der Waals surface area contributed by atoms with Gasteiger partial charge in [0.15, 0.2) is 0 Å². The molecule has 35 heavy (non-hydrogen) atoms. The smallest absolute Gasteiger partial charge is 0.429 e. The molecular weight excluding hydrogens is 543 g/mol. The topological polar surface area (TPSA) is 44.8 Å². The molecule has 0 aliphatic carbocycles. The van der Waals surface area contributed by atoms with Crippen LogP contribution < -0.4 is 0 Å². The second-order valence-corrected chi connectivity index (χ2v) is 9.04. The molecule has 3 radical (unpaired) electrons. The molecular formula is C30H37O4Sn. The van der Waals surface area contributed by atoms with Gasteiger partial charge in [0.2, 0.25) is 0 Å². The molecule has 0 aliphatic rings. The first-order valence-corrected chi connectivity index (χ1v) is 13.6. The number of rotatable bonds is 13. The van der Waals surface area contributed by atoms with Crippen LogP contribution in [0.15, 0.2) is 91.0 Å². The summed E-state index contributed by atoms with van der Waals surface area (Å²) in [5.74, 6) is 0. The number of carbonyl (C=O) groups is 1. The average Bonchev–Trinajstić information content (AvgIpc) is 2.92. The number of benzene rings is 3. The Hall–Kier alpha value is -2.31. The van der Waals surface area contributed by atoms with Gasteiger partial charge in [0, 0.05) is 0 Å². The fourth-order valence-corrected chi connectivity index (χ4v) is 4.27. The molecule has 0 saturated carbocycles. The molecule has 4 nitrogen and oxygen atoms in total. The quantitative estimate of drug-likeness (QED) is 0.116. The maximum Gasteiger partial charge on any atom is 0.508 e. The summed E-state index contributed by atoms with van der Waals surface area (Å²) in [6, 6.07) is 29.6. The van der Waals surface area contributed by atoms with Gasteiger partial charge in [-0.3, -0.25) is 0 Å². The molecule has 1 atom stereocenters. The average molecular weight is 580 g/mol. The molecule has 0 spiro atoms. The summed E-state index contributed by atoms with van der Waals surface area (Å²) in [7, 11) is 0. The van der Waals surface area contributed by atoms with E-state index in [1.807, 2.05) is 60.7 Å². The summed E-state index contributed by atoms with van der Waals surface area (Å²) in [6.07, 6.45) is 8.97. The Bertz CT molecular complexity index is 858. The Labute approximate surface area is 224 Å². The molecule has 0 amide bonds. The van der Waals surface area contributed by atoms with E-state index in [1.165, 1.54) is 73.4 Å². The van der Waals surface area contributed by atoms with Gasteiger partial charge in [-0.25, -0.2) is 4.79 Å². The second kappa shape index (κ2) is 18.9. The van der Waals surface area contributed by atoms with E-state index in [9.17, 15) is 4.79 Å². The van der Waals surface area contributed by atoms with Crippen LogP contribution in [0, 0.1) is 0 Å². The van der Waals surface area contributed by atoms with Gasteiger partial charge in [0.1, 0.15) is 13.2 Å². The molecule has 0 heterocycles. The Morgan fingerprint density at radius 2 is 1.14 bits per heavy atom. The fourth-order valence-electron chi connectivity index (χ4n) is 3.55. The molecule has 0 aliphatic heterocycles. The van der Waals surface area contributed by atoms with Gasteiger partial charge in [0.25, 0.3) is 0 Å². The molecule has 0 bridgehead atoms. The third kappa shape index (κ3) is 13.4. The molecule has 0 fully saturated rings. The number of carbonyl (C=O) groups excluding carboxylic acids is 1. The van der Waals surface area contributed by atoms with Crippen LogP contribution in [0.3, 0.4) is 0 Å². The van der Waals surface area contributed by atoms with E-state index in [1.54, 1.807) is 0 Å². The third-order valence-electron chi connectivity index (χ3n) is 5.53. The number of unbranched alkanes of at least 4 members (excludes halogenated alkanes) is 5. The van der Waals surface area contributed by atoms with Crippen molar-refractivity contribution in [1.29, 1.82) is 0 Å². The van der Waals surface area contributed by atoms with E-state index in [-0.39, 0.29) is 13.2 Å². The van der Waals surface area contributed by atoms with E-state index < -0.39 is 6.16 Å². The van der Waals surface area contributed by atoms with Crippen LogP contribution >= 0.6 is 0 Å². The van der Waals surface area contributed by atoms with Gasteiger partial charge < -0.3 is 9.47 Å². The van der Waals surface area contributed by atoms with Crippen LogP contribution in [0.25, 0.3) is 0 Å². The van der Waals surface area contributed by atoms with Crippen molar-refractivity contribution in [2.75, 3.05) is 0 Å². The molecule has 3 aromatic rings. The van der Waals surface area contributed by atoms with Crippen LogP contribution in [0.1, 0.15) is 74.7 Å². The van der Waals surface area contributed by atoms with Gasteiger partial charge in [-0.05, 0) is 11.1 Å². The number of hydrogen-bond donors (Lipinski definition) is 0. The predicted octanol–water partition coefficient (Wildman–Crippen LogP) is 8.12. The molecule has 0 saturated heterocycles. The van der Waals surface area contributed by atoms with Crippen molar-refractivity contribution < 1.29 is 17.3 Å². The minimum absolute atomic E-state index is 0.231. The molecule has 1 unspecified atom stereocenters. The first-order chi connectivity index (χ1) is 17.2. The van der Waals surface area contributed by atoms with Crippen LogP contribution in [0.2, 0.25) is 0 Å².